The predicted molar refractivity (Wildman–Crippen MR) is 112 cm³/mol. The molecule has 0 bridgehead atoms. The van der Waals surface area contributed by atoms with Gasteiger partial charge in [0.2, 0.25) is 0 Å². The number of nitrogens with zero attached hydrogens (tertiary/aromatic N) is 1. The number of ether oxygens (including phenoxy) is 1. The number of allylic oxidation sites excluding steroid dienone is 1. The van der Waals surface area contributed by atoms with Crippen LogP contribution in [0.4, 0.5) is 14.5 Å². The van der Waals surface area contributed by atoms with Gasteiger partial charge < -0.3 is 20.3 Å². The normalized spacial score (nSPS) is 16.5. The average molecular weight is 417 g/mol. The summed E-state index contributed by atoms with van der Waals surface area (Å²) >= 11 is 5.41. The minimum absolute atomic E-state index is 0.359. The predicted octanol–water partition coefficient (Wildman–Crippen LogP) is 4.14. The summed E-state index contributed by atoms with van der Waals surface area (Å²) in [5.74, 6) is -1.83. The van der Waals surface area contributed by atoms with Gasteiger partial charge in [0.05, 0.1) is 24.4 Å². The smallest absolute Gasteiger partial charge is 0.255 e. The quantitative estimate of drug-likeness (QED) is 0.717. The molecule has 8 heteroatoms. The van der Waals surface area contributed by atoms with Crippen LogP contribution < -0.4 is 15.4 Å². The molecule has 0 saturated carbocycles. The maximum atomic E-state index is 13.9. The van der Waals surface area contributed by atoms with Gasteiger partial charge in [0, 0.05) is 12.2 Å². The summed E-state index contributed by atoms with van der Waals surface area (Å²) in [7, 11) is 1.51. The fourth-order valence-electron chi connectivity index (χ4n) is 3.34. The van der Waals surface area contributed by atoms with Crippen LogP contribution >= 0.6 is 12.2 Å². The Hall–Kier alpha value is -3.00. The van der Waals surface area contributed by atoms with Crippen LogP contribution in [0.25, 0.3) is 0 Å². The first-order valence-corrected chi connectivity index (χ1v) is 9.46. The summed E-state index contributed by atoms with van der Waals surface area (Å²) in [6.07, 6.45) is 0. The Morgan fingerprint density at radius 3 is 2.62 bits per heavy atom. The van der Waals surface area contributed by atoms with E-state index >= 15 is 0 Å². The van der Waals surface area contributed by atoms with E-state index in [-0.39, 0.29) is 0 Å². The number of carbonyl (C=O) groups is 1. The highest BCUT2D eigenvalue weighted by Crippen LogP contribution is 2.33. The number of para-hydroxylation sites is 2. The number of hydrogen-bond donors (Lipinski definition) is 2. The van der Waals surface area contributed by atoms with Crippen LogP contribution in [-0.2, 0) is 4.79 Å². The number of halogens is 2. The van der Waals surface area contributed by atoms with Crippen molar-refractivity contribution < 1.29 is 18.3 Å². The molecule has 0 spiro atoms. The summed E-state index contributed by atoms with van der Waals surface area (Å²) < 4.78 is 32.6. The van der Waals surface area contributed by atoms with Crippen molar-refractivity contribution in [3.8, 4) is 5.75 Å². The number of nitrogens with one attached hydrogen (secondary N) is 2. The zero-order valence-corrected chi connectivity index (χ0v) is 17.1. The maximum Gasteiger partial charge on any atom is 0.255 e. The molecule has 152 valence electrons. The largest absolute Gasteiger partial charge is 0.495 e. The summed E-state index contributed by atoms with van der Waals surface area (Å²) in [5.41, 5.74) is 1.89. The van der Waals surface area contributed by atoms with E-state index in [4.69, 9.17) is 17.0 Å². The topological polar surface area (TPSA) is 53.6 Å². The number of anilines is 1. The number of amides is 1. The first kappa shape index (κ1) is 20.7. The van der Waals surface area contributed by atoms with Crippen LogP contribution in [0.1, 0.15) is 25.5 Å². The van der Waals surface area contributed by atoms with Gasteiger partial charge in [0.25, 0.3) is 5.91 Å². The Labute approximate surface area is 173 Å². The van der Waals surface area contributed by atoms with Crippen molar-refractivity contribution in [2.75, 3.05) is 19.0 Å². The summed E-state index contributed by atoms with van der Waals surface area (Å²) in [4.78, 5) is 15.0. The zero-order valence-electron chi connectivity index (χ0n) is 16.3. The first-order chi connectivity index (χ1) is 13.9. The molecule has 0 fully saturated rings. The lowest BCUT2D eigenvalue weighted by Crippen LogP contribution is -2.48. The fourth-order valence-corrected chi connectivity index (χ4v) is 3.72. The molecule has 2 N–H and O–H groups in total. The number of thiocarbonyl (C=S) groups is 1. The monoisotopic (exact) mass is 417 g/mol. The Kier molecular flexibility index (Phi) is 6.12. The molecular formula is C21H21F2N3O2S. The highest BCUT2D eigenvalue weighted by atomic mass is 32.1. The summed E-state index contributed by atoms with van der Waals surface area (Å²) in [5, 5.41) is 6.33. The Balaban J connectivity index is 2.05. The molecule has 3 rings (SSSR count). The molecule has 0 radical (unpaired) electrons. The second kappa shape index (κ2) is 8.57. The van der Waals surface area contributed by atoms with E-state index in [1.54, 1.807) is 36.1 Å². The maximum absolute atomic E-state index is 13.9. The zero-order chi connectivity index (χ0) is 21.1. The van der Waals surface area contributed by atoms with E-state index in [1.165, 1.54) is 13.2 Å². The summed E-state index contributed by atoms with van der Waals surface area (Å²) in [6.45, 7) is 4.24. The number of benzene rings is 2. The molecule has 2 aromatic rings. The van der Waals surface area contributed by atoms with Crippen molar-refractivity contribution in [1.29, 1.82) is 0 Å². The minimum Gasteiger partial charge on any atom is -0.495 e. The molecule has 0 aromatic heterocycles. The molecule has 1 heterocycles. The van der Waals surface area contributed by atoms with E-state index in [1.807, 2.05) is 6.92 Å². The van der Waals surface area contributed by atoms with Crippen LogP contribution in [0.2, 0.25) is 0 Å². The lowest BCUT2D eigenvalue weighted by molar-refractivity contribution is -0.113. The van der Waals surface area contributed by atoms with Crippen LogP contribution in [0.5, 0.6) is 5.75 Å². The van der Waals surface area contributed by atoms with Crippen LogP contribution in [0, 0.1) is 11.6 Å². The van der Waals surface area contributed by atoms with Gasteiger partial charge in [-0.25, -0.2) is 8.78 Å². The molecular weight excluding hydrogens is 396 g/mol. The average Bonchev–Trinajstić information content (AvgIpc) is 2.70. The van der Waals surface area contributed by atoms with Crippen molar-refractivity contribution in [2.45, 2.75) is 19.9 Å². The van der Waals surface area contributed by atoms with Crippen molar-refractivity contribution in [2.24, 2.45) is 0 Å². The molecule has 0 aliphatic carbocycles. The molecule has 1 aliphatic heterocycles. The first-order valence-electron chi connectivity index (χ1n) is 9.05. The SMILES string of the molecule is CCN1C(=S)N[C@H](c2ccc(F)c(F)c2)C(C(=O)Nc2ccccc2OC)=C1C. The number of rotatable bonds is 5. The Morgan fingerprint density at radius 2 is 1.97 bits per heavy atom. The molecule has 1 amide bonds. The highest BCUT2D eigenvalue weighted by Gasteiger charge is 2.34. The van der Waals surface area contributed by atoms with Gasteiger partial charge >= 0.3 is 0 Å². The van der Waals surface area contributed by atoms with Crippen molar-refractivity contribution in [1.82, 2.24) is 10.2 Å². The van der Waals surface area contributed by atoms with Crippen LogP contribution in [0.15, 0.2) is 53.7 Å². The third-order valence-electron chi connectivity index (χ3n) is 4.79. The van der Waals surface area contributed by atoms with Gasteiger partial charge in [-0.1, -0.05) is 18.2 Å². The Bertz CT molecular complexity index is 994. The second-order valence-corrected chi connectivity index (χ2v) is 6.84. The lowest BCUT2D eigenvalue weighted by Gasteiger charge is -2.37. The lowest BCUT2D eigenvalue weighted by atomic mass is 9.94. The highest BCUT2D eigenvalue weighted by molar-refractivity contribution is 7.80. The molecule has 0 saturated heterocycles. The van der Waals surface area contributed by atoms with Gasteiger partial charge in [-0.15, -0.1) is 0 Å². The minimum atomic E-state index is -0.990. The second-order valence-electron chi connectivity index (χ2n) is 6.45. The van der Waals surface area contributed by atoms with Gasteiger partial charge in [0.15, 0.2) is 16.7 Å². The number of hydrogen-bond acceptors (Lipinski definition) is 3. The van der Waals surface area contributed by atoms with Crippen LogP contribution in [0.3, 0.4) is 0 Å². The van der Waals surface area contributed by atoms with E-state index in [0.717, 1.165) is 12.1 Å². The van der Waals surface area contributed by atoms with Crippen molar-refractivity contribution in [3.05, 3.63) is 70.9 Å². The standard InChI is InChI=1S/C21H21F2N3O2S/c1-4-26-12(2)18(20(27)24-16-7-5-6-8-17(16)28-3)19(25-21(26)29)13-9-10-14(22)15(23)11-13/h5-11,19H,4H2,1-3H3,(H,24,27)(H,25,29)/t19-/m1/s1. The van der Waals surface area contributed by atoms with E-state index in [0.29, 0.717) is 39.9 Å². The van der Waals surface area contributed by atoms with E-state index < -0.39 is 23.6 Å². The number of carbonyl (C=O) groups excluding carboxylic acids is 1. The fraction of sp³-hybridized carbons (Fsp3) is 0.238. The Morgan fingerprint density at radius 1 is 1.24 bits per heavy atom. The molecule has 0 unspecified atom stereocenters. The van der Waals surface area contributed by atoms with Gasteiger partial charge in [-0.3, -0.25) is 4.79 Å². The van der Waals surface area contributed by atoms with Gasteiger partial charge in [-0.05, 0) is 55.9 Å². The molecule has 2 aromatic carbocycles. The van der Waals surface area contributed by atoms with Crippen molar-refractivity contribution in [3.63, 3.8) is 0 Å². The van der Waals surface area contributed by atoms with Crippen molar-refractivity contribution >= 4 is 28.9 Å². The number of methoxy groups -OCH3 is 1. The van der Waals surface area contributed by atoms with Gasteiger partial charge in [0.1, 0.15) is 5.75 Å². The van der Waals surface area contributed by atoms with Crippen LogP contribution in [-0.4, -0.2) is 29.6 Å². The van der Waals surface area contributed by atoms with Gasteiger partial charge in [-0.2, -0.15) is 0 Å². The molecule has 29 heavy (non-hydrogen) atoms. The third-order valence-corrected chi connectivity index (χ3v) is 5.13. The van der Waals surface area contributed by atoms with E-state index in [9.17, 15) is 13.6 Å². The third kappa shape index (κ3) is 4.07. The van der Waals surface area contributed by atoms with E-state index in [2.05, 4.69) is 10.6 Å². The molecule has 1 atom stereocenters. The molecule has 1 aliphatic rings. The summed E-state index contributed by atoms with van der Waals surface area (Å²) in [6, 6.07) is 9.84. The molecule has 5 nitrogen and oxygen atoms in total.